The molecule has 0 bridgehead atoms. The van der Waals surface area contributed by atoms with Crippen molar-refractivity contribution in [2.75, 3.05) is 6.54 Å². The molecule has 0 radical (unpaired) electrons. The molecule has 2 aliphatic rings. The highest BCUT2D eigenvalue weighted by atomic mass is 16.4. The van der Waals surface area contributed by atoms with Crippen LogP contribution in [0.3, 0.4) is 0 Å². The highest BCUT2D eigenvalue weighted by Gasteiger charge is 2.46. The molecule has 1 aliphatic heterocycles. The second kappa shape index (κ2) is 3.89. The molecule has 14 heavy (non-hydrogen) atoms. The third kappa shape index (κ3) is 1.54. The van der Waals surface area contributed by atoms with Crippen LogP contribution in [0, 0.1) is 5.92 Å². The summed E-state index contributed by atoms with van der Waals surface area (Å²) in [6.45, 7) is 0.878. The standard InChI is InChI=1S/C11H19NO2/c13-10(14)11(7-3-4-8-12-11)9-5-1-2-6-9/h9,12H,1-8H2,(H,13,14). The first kappa shape index (κ1) is 9.97. The Morgan fingerprint density at radius 1 is 1.21 bits per heavy atom. The van der Waals surface area contributed by atoms with Crippen molar-refractivity contribution in [3.05, 3.63) is 0 Å². The third-order valence-electron chi connectivity index (χ3n) is 3.87. The summed E-state index contributed by atoms with van der Waals surface area (Å²) in [4.78, 5) is 11.4. The van der Waals surface area contributed by atoms with Crippen molar-refractivity contribution in [2.45, 2.75) is 50.5 Å². The van der Waals surface area contributed by atoms with Crippen LogP contribution >= 0.6 is 0 Å². The predicted molar refractivity (Wildman–Crippen MR) is 54.2 cm³/mol. The summed E-state index contributed by atoms with van der Waals surface area (Å²) < 4.78 is 0. The van der Waals surface area contributed by atoms with E-state index in [2.05, 4.69) is 5.32 Å². The zero-order valence-electron chi connectivity index (χ0n) is 8.59. The Hall–Kier alpha value is -0.570. The van der Waals surface area contributed by atoms with Gasteiger partial charge in [-0.25, -0.2) is 0 Å². The molecule has 1 unspecified atom stereocenters. The molecule has 2 rings (SSSR count). The molecule has 0 aromatic rings. The summed E-state index contributed by atoms with van der Waals surface area (Å²) in [6.07, 6.45) is 7.63. The Morgan fingerprint density at radius 3 is 2.43 bits per heavy atom. The average molecular weight is 197 g/mol. The van der Waals surface area contributed by atoms with Gasteiger partial charge in [-0.2, -0.15) is 0 Å². The van der Waals surface area contributed by atoms with E-state index in [0.717, 1.165) is 38.6 Å². The minimum atomic E-state index is -0.621. The van der Waals surface area contributed by atoms with E-state index in [1.807, 2.05) is 0 Å². The molecule has 3 nitrogen and oxygen atoms in total. The van der Waals surface area contributed by atoms with E-state index in [9.17, 15) is 9.90 Å². The fourth-order valence-corrected chi connectivity index (χ4v) is 3.05. The second-order valence-corrected chi connectivity index (χ2v) is 4.64. The Balaban J connectivity index is 2.15. The van der Waals surface area contributed by atoms with E-state index < -0.39 is 11.5 Å². The number of rotatable bonds is 2. The van der Waals surface area contributed by atoms with Crippen LogP contribution in [-0.4, -0.2) is 23.2 Å². The van der Waals surface area contributed by atoms with Gasteiger partial charge in [-0.1, -0.05) is 12.8 Å². The van der Waals surface area contributed by atoms with Crippen molar-refractivity contribution in [1.29, 1.82) is 0 Å². The first-order chi connectivity index (χ1) is 6.76. The predicted octanol–water partition coefficient (Wildman–Crippen LogP) is 1.77. The summed E-state index contributed by atoms with van der Waals surface area (Å²) in [5.41, 5.74) is -0.575. The summed E-state index contributed by atoms with van der Waals surface area (Å²) >= 11 is 0. The lowest BCUT2D eigenvalue weighted by molar-refractivity contribution is -0.148. The van der Waals surface area contributed by atoms with Gasteiger partial charge in [-0.3, -0.25) is 4.79 Å². The summed E-state index contributed by atoms with van der Waals surface area (Å²) in [7, 11) is 0. The van der Waals surface area contributed by atoms with Gasteiger partial charge in [0.2, 0.25) is 0 Å². The van der Waals surface area contributed by atoms with Gasteiger partial charge in [-0.05, 0) is 44.6 Å². The van der Waals surface area contributed by atoms with E-state index in [0.29, 0.717) is 5.92 Å². The van der Waals surface area contributed by atoms with Crippen LogP contribution in [0.15, 0.2) is 0 Å². The van der Waals surface area contributed by atoms with Crippen LogP contribution in [0.2, 0.25) is 0 Å². The number of carboxylic acids is 1. The average Bonchev–Trinajstić information content (AvgIpc) is 2.72. The van der Waals surface area contributed by atoms with Crippen molar-refractivity contribution >= 4 is 5.97 Å². The lowest BCUT2D eigenvalue weighted by Crippen LogP contribution is -2.59. The summed E-state index contributed by atoms with van der Waals surface area (Å²) in [5, 5.41) is 12.7. The molecule has 0 amide bonds. The summed E-state index contributed by atoms with van der Waals surface area (Å²) in [6, 6.07) is 0. The Bertz CT molecular complexity index is 215. The lowest BCUT2D eigenvalue weighted by Gasteiger charge is -2.39. The van der Waals surface area contributed by atoms with Crippen molar-refractivity contribution in [3.63, 3.8) is 0 Å². The smallest absolute Gasteiger partial charge is 0.324 e. The largest absolute Gasteiger partial charge is 0.480 e. The first-order valence-corrected chi connectivity index (χ1v) is 5.74. The molecule has 0 spiro atoms. The molecule has 1 saturated heterocycles. The van der Waals surface area contributed by atoms with Crippen molar-refractivity contribution in [3.8, 4) is 0 Å². The molecular formula is C11H19NO2. The zero-order valence-corrected chi connectivity index (χ0v) is 8.59. The number of hydrogen-bond acceptors (Lipinski definition) is 2. The van der Waals surface area contributed by atoms with Crippen LogP contribution in [-0.2, 0) is 4.79 Å². The van der Waals surface area contributed by atoms with Gasteiger partial charge < -0.3 is 10.4 Å². The highest BCUT2D eigenvalue weighted by molar-refractivity contribution is 5.79. The van der Waals surface area contributed by atoms with E-state index in [1.54, 1.807) is 0 Å². The van der Waals surface area contributed by atoms with E-state index in [1.165, 1.54) is 12.8 Å². The SMILES string of the molecule is O=C(O)C1(C2CCCC2)CCCCN1. The maximum absolute atomic E-state index is 11.4. The number of carboxylic acid groups (broad SMARTS) is 1. The number of nitrogens with one attached hydrogen (secondary N) is 1. The molecule has 1 aliphatic carbocycles. The maximum atomic E-state index is 11.4. The van der Waals surface area contributed by atoms with Gasteiger partial charge in [0.05, 0.1) is 0 Å². The van der Waals surface area contributed by atoms with Crippen molar-refractivity contribution in [2.24, 2.45) is 5.92 Å². The van der Waals surface area contributed by atoms with Crippen LogP contribution in [0.25, 0.3) is 0 Å². The Labute approximate surface area is 84.9 Å². The monoisotopic (exact) mass is 197 g/mol. The topological polar surface area (TPSA) is 49.3 Å². The zero-order chi connectivity index (χ0) is 10.0. The molecule has 0 aromatic heterocycles. The molecule has 1 atom stereocenters. The quantitative estimate of drug-likeness (QED) is 0.709. The Morgan fingerprint density at radius 2 is 1.93 bits per heavy atom. The third-order valence-corrected chi connectivity index (χ3v) is 3.87. The number of hydrogen-bond donors (Lipinski definition) is 2. The van der Waals surface area contributed by atoms with Gasteiger partial charge in [0.25, 0.3) is 0 Å². The molecule has 0 aromatic carbocycles. The highest BCUT2D eigenvalue weighted by Crippen LogP contribution is 2.38. The van der Waals surface area contributed by atoms with E-state index in [-0.39, 0.29) is 0 Å². The maximum Gasteiger partial charge on any atom is 0.324 e. The number of carbonyl (C=O) groups is 1. The number of piperidine rings is 1. The fourth-order valence-electron chi connectivity index (χ4n) is 3.05. The van der Waals surface area contributed by atoms with Crippen molar-refractivity contribution in [1.82, 2.24) is 5.32 Å². The minimum absolute atomic E-state index is 0.375. The van der Waals surface area contributed by atoms with Gasteiger partial charge in [0.1, 0.15) is 5.54 Å². The minimum Gasteiger partial charge on any atom is -0.480 e. The molecular weight excluding hydrogens is 178 g/mol. The van der Waals surface area contributed by atoms with Gasteiger partial charge in [0.15, 0.2) is 0 Å². The van der Waals surface area contributed by atoms with Crippen LogP contribution in [0.5, 0.6) is 0 Å². The molecule has 3 heteroatoms. The first-order valence-electron chi connectivity index (χ1n) is 5.74. The molecule has 1 heterocycles. The molecule has 2 N–H and O–H groups in total. The van der Waals surface area contributed by atoms with Gasteiger partial charge in [-0.15, -0.1) is 0 Å². The summed E-state index contributed by atoms with van der Waals surface area (Å²) in [5.74, 6) is -0.246. The molecule has 2 fully saturated rings. The van der Waals surface area contributed by atoms with E-state index in [4.69, 9.17) is 0 Å². The van der Waals surface area contributed by atoms with Crippen LogP contribution in [0.1, 0.15) is 44.9 Å². The molecule has 1 saturated carbocycles. The van der Waals surface area contributed by atoms with Crippen molar-refractivity contribution < 1.29 is 9.90 Å². The van der Waals surface area contributed by atoms with Crippen LogP contribution in [0.4, 0.5) is 0 Å². The normalized spacial score (nSPS) is 34.6. The van der Waals surface area contributed by atoms with Gasteiger partial charge >= 0.3 is 5.97 Å². The van der Waals surface area contributed by atoms with Gasteiger partial charge in [0, 0.05) is 0 Å². The molecule has 80 valence electrons. The number of aliphatic carboxylic acids is 1. The van der Waals surface area contributed by atoms with Crippen LogP contribution < -0.4 is 5.32 Å². The van der Waals surface area contributed by atoms with E-state index >= 15 is 0 Å². The second-order valence-electron chi connectivity index (χ2n) is 4.64. The Kier molecular flexibility index (Phi) is 2.77. The lowest BCUT2D eigenvalue weighted by atomic mass is 9.76. The fraction of sp³-hybridized carbons (Fsp3) is 0.909.